The van der Waals surface area contributed by atoms with Gasteiger partial charge < -0.3 is 14.8 Å². The minimum absolute atomic E-state index is 0.129. The van der Waals surface area contributed by atoms with E-state index in [1.165, 1.54) is 5.56 Å². The van der Waals surface area contributed by atoms with E-state index in [9.17, 15) is 4.79 Å². The Hall–Kier alpha value is -3.11. The second-order valence-electron chi connectivity index (χ2n) is 6.57. The van der Waals surface area contributed by atoms with Crippen LogP contribution in [0.1, 0.15) is 11.1 Å². The van der Waals surface area contributed by atoms with Crippen LogP contribution >= 0.6 is 0 Å². The molecule has 136 valence electrons. The highest BCUT2D eigenvalue weighted by Crippen LogP contribution is 2.27. The molecule has 0 aliphatic carbocycles. The summed E-state index contributed by atoms with van der Waals surface area (Å²) in [6.07, 6.45) is 0.0727. The topological polar surface area (TPSA) is 47.6 Å². The van der Waals surface area contributed by atoms with Gasteiger partial charge in [-0.05, 0) is 46.5 Å². The Morgan fingerprint density at radius 2 is 1.74 bits per heavy atom. The normalized spacial score (nSPS) is 15.7. The van der Waals surface area contributed by atoms with E-state index in [2.05, 4.69) is 35.6 Å². The van der Waals surface area contributed by atoms with Crippen LogP contribution in [0.4, 0.5) is 5.69 Å². The van der Waals surface area contributed by atoms with Crippen molar-refractivity contribution in [3.63, 3.8) is 0 Å². The molecular formula is C23H21NO3. The van der Waals surface area contributed by atoms with Crippen LogP contribution < -0.4 is 10.1 Å². The van der Waals surface area contributed by atoms with Gasteiger partial charge in [-0.25, -0.2) is 0 Å². The van der Waals surface area contributed by atoms with Crippen molar-refractivity contribution >= 4 is 11.6 Å². The summed E-state index contributed by atoms with van der Waals surface area (Å²) in [5, 5.41) is 2.92. The van der Waals surface area contributed by atoms with E-state index in [0.717, 1.165) is 28.1 Å². The lowest BCUT2D eigenvalue weighted by Gasteiger charge is -2.25. The van der Waals surface area contributed by atoms with E-state index in [4.69, 9.17) is 9.47 Å². The fourth-order valence-electron chi connectivity index (χ4n) is 3.28. The van der Waals surface area contributed by atoms with Gasteiger partial charge in [0.1, 0.15) is 11.9 Å². The molecule has 3 aromatic carbocycles. The molecule has 3 aromatic rings. The van der Waals surface area contributed by atoms with Crippen molar-refractivity contribution < 1.29 is 14.3 Å². The Morgan fingerprint density at radius 1 is 0.963 bits per heavy atom. The van der Waals surface area contributed by atoms with Crippen molar-refractivity contribution in [3.8, 4) is 16.9 Å². The standard InChI is InChI=1S/C23H21NO3/c1-26-21-11-9-20(10-12-21)24-23(25)22-14-19-13-17(7-8-18(19)15-27-22)16-5-3-2-4-6-16/h2-13,22H,14-15H2,1H3,(H,24,25). The number of nitrogens with one attached hydrogen (secondary N) is 1. The van der Waals surface area contributed by atoms with Crippen molar-refractivity contribution in [3.05, 3.63) is 83.9 Å². The molecule has 4 heteroatoms. The molecule has 4 rings (SSSR count). The summed E-state index contributed by atoms with van der Waals surface area (Å²) in [5.41, 5.74) is 5.37. The van der Waals surface area contributed by atoms with Crippen molar-refractivity contribution in [1.29, 1.82) is 0 Å². The van der Waals surface area contributed by atoms with Crippen molar-refractivity contribution in [2.45, 2.75) is 19.1 Å². The van der Waals surface area contributed by atoms with E-state index >= 15 is 0 Å². The van der Waals surface area contributed by atoms with Crippen LogP contribution in [0.5, 0.6) is 5.75 Å². The zero-order valence-electron chi connectivity index (χ0n) is 15.1. The number of amides is 1. The molecule has 0 spiro atoms. The molecule has 0 aromatic heterocycles. The van der Waals surface area contributed by atoms with Crippen LogP contribution in [-0.2, 0) is 22.6 Å². The number of ether oxygens (including phenoxy) is 2. The van der Waals surface area contributed by atoms with Gasteiger partial charge in [0.2, 0.25) is 0 Å². The molecule has 0 saturated carbocycles. The molecule has 0 radical (unpaired) electrons. The van der Waals surface area contributed by atoms with Crippen LogP contribution in [0.15, 0.2) is 72.8 Å². The molecule has 1 unspecified atom stereocenters. The first-order valence-corrected chi connectivity index (χ1v) is 8.96. The second-order valence-corrected chi connectivity index (χ2v) is 6.57. The van der Waals surface area contributed by atoms with Gasteiger partial charge in [-0.2, -0.15) is 0 Å². The average Bonchev–Trinajstić information content (AvgIpc) is 2.74. The zero-order valence-corrected chi connectivity index (χ0v) is 15.1. The fourth-order valence-corrected chi connectivity index (χ4v) is 3.28. The first kappa shape index (κ1) is 17.3. The molecule has 1 aliphatic heterocycles. The highest BCUT2D eigenvalue weighted by atomic mass is 16.5. The second kappa shape index (κ2) is 7.64. The molecule has 1 aliphatic rings. The molecule has 27 heavy (non-hydrogen) atoms. The van der Waals surface area contributed by atoms with Gasteiger partial charge in [-0.1, -0.05) is 48.5 Å². The summed E-state index contributed by atoms with van der Waals surface area (Å²) in [5.74, 6) is 0.625. The fraction of sp³-hybridized carbons (Fsp3) is 0.174. The Labute approximate surface area is 158 Å². The van der Waals surface area contributed by atoms with Crippen LogP contribution in [0.25, 0.3) is 11.1 Å². The van der Waals surface area contributed by atoms with Gasteiger partial charge in [0.05, 0.1) is 13.7 Å². The number of rotatable bonds is 4. The van der Waals surface area contributed by atoms with E-state index in [-0.39, 0.29) is 5.91 Å². The minimum Gasteiger partial charge on any atom is -0.497 e. The molecular weight excluding hydrogens is 338 g/mol. The van der Waals surface area contributed by atoms with Crippen molar-refractivity contribution in [1.82, 2.24) is 0 Å². The molecule has 0 saturated heterocycles. The summed E-state index contributed by atoms with van der Waals surface area (Å²) in [6, 6.07) is 23.9. The molecule has 1 atom stereocenters. The predicted octanol–water partition coefficient (Wildman–Crippen LogP) is 4.44. The van der Waals surface area contributed by atoms with Crippen LogP contribution in [0.2, 0.25) is 0 Å². The van der Waals surface area contributed by atoms with Gasteiger partial charge in [-0.3, -0.25) is 4.79 Å². The van der Waals surface area contributed by atoms with Crippen LogP contribution in [0.3, 0.4) is 0 Å². The summed E-state index contributed by atoms with van der Waals surface area (Å²) < 4.78 is 10.9. The van der Waals surface area contributed by atoms with Gasteiger partial charge in [0.15, 0.2) is 0 Å². The maximum Gasteiger partial charge on any atom is 0.253 e. The smallest absolute Gasteiger partial charge is 0.253 e. The Bertz CT molecular complexity index is 936. The summed E-state index contributed by atoms with van der Waals surface area (Å²) >= 11 is 0. The molecule has 0 bridgehead atoms. The molecule has 4 nitrogen and oxygen atoms in total. The maximum atomic E-state index is 12.6. The SMILES string of the molecule is COc1ccc(NC(=O)C2Cc3cc(-c4ccccc4)ccc3CO2)cc1. The quantitative estimate of drug-likeness (QED) is 0.749. The molecule has 1 amide bonds. The number of anilines is 1. The number of hydrogen-bond acceptors (Lipinski definition) is 3. The third-order valence-corrected chi connectivity index (χ3v) is 4.81. The molecule has 1 heterocycles. The number of benzene rings is 3. The summed E-state index contributed by atoms with van der Waals surface area (Å²) in [6.45, 7) is 0.450. The van der Waals surface area contributed by atoms with Crippen LogP contribution in [0, 0.1) is 0 Å². The van der Waals surface area contributed by atoms with E-state index in [1.54, 1.807) is 7.11 Å². The lowest BCUT2D eigenvalue weighted by Crippen LogP contribution is -2.35. The van der Waals surface area contributed by atoms with Crippen molar-refractivity contribution in [2.24, 2.45) is 0 Å². The first-order chi connectivity index (χ1) is 13.2. The Morgan fingerprint density at radius 3 is 2.48 bits per heavy atom. The van der Waals surface area contributed by atoms with E-state index in [0.29, 0.717) is 13.0 Å². The summed E-state index contributed by atoms with van der Waals surface area (Å²) in [7, 11) is 1.62. The Kier molecular flexibility index (Phi) is 4.90. The number of fused-ring (bicyclic) bond motifs is 1. The molecule has 0 fully saturated rings. The largest absolute Gasteiger partial charge is 0.497 e. The third kappa shape index (κ3) is 3.86. The Balaban J connectivity index is 1.49. The summed E-state index contributed by atoms with van der Waals surface area (Å²) in [4.78, 5) is 12.6. The number of methoxy groups -OCH3 is 1. The highest BCUT2D eigenvalue weighted by Gasteiger charge is 2.26. The molecule has 1 N–H and O–H groups in total. The van der Waals surface area contributed by atoms with Gasteiger partial charge in [0.25, 0.3) is 5.91 Å². The minimum atomic E-state index is -0.495. The van der Waals surface area contributed by atoms with Gasteiger partial charge in [0, 0.05) is 12.1 Å². The third-order valence-electron chi connectivity index (χ3n) is 4.81. The first-order valence-electron chi connectivity index (χ1n) is 8.96. The zero-order chi connectivity index (χ0) is 18.6. The monoisotopic (exact) mass is 359 g/mol. The predicted molar refractivity (Wildman–Crippen MR) is 106 cm³/mol. The average molecular weight is 359 g/mol. The lowest BCUT2D eigenvalue weighted by molar-refractivity contribution is -0.129. The van der Waals surface area contributed by atoms with Gasteiger partial charge in [-0.15, -0.1) is 0 Å². The highest BCUT2D eigenvalue weighted by molar-refractivity contribution is 5.94. The van der Waals surface area contributed by atoms with E-state index < -0.39 is 6.10 Å². The lowest BCUT2D eigenvalue weighted by atomic mass is 9.94. The number of hydrogen-bond donors (Lipinski definition) is 1. The number of carbonyl (C=O) groups is 1. The maximum absolute atomic E-state index is 12.6. The van der Waals surface area contributed by atoms with Crippen LogP contribution in [-0.4, -0.2) is 19.1 Å². The van der Waals surface area contributed by atoms with Crippen molar-refractivity contribution in [2.75, 3.05) is 12.4 Å². The van der Waals surface area contributed by atoms with E-state index in [1.807, 2.05) is 42.5 Å². The van der Waals surface area contributed by atoms with Gasteiger partial charge >= 0.3 is 0 Å². The number of carbonyl (C=O) groups excluding carboxylic acids is 1.